The van der Waals surface area contributed by atoms with Gasteiger partial charge in [0.2, 0.25) is 0 Å². The normalized spacial score (nSPS) is 10.8. The van der Waals surface area contributed by atoms with Gasteiger partial charge in [0.1, 0.15) is 12.1 Å². The quantitative estimate of drug-likeness (QED) is 0.814. The number of nitrogens with zero attached hydrogens (tertiary/aromatic N) is 2. The lowest BCUT2D eigenvalue weighted by Gasteiger charge is -2.12. The van der Waals surface area contributed by atoms with Gasteiger partial charge in [-0.1, -0.05) is 11.8 Å². The average Bonchev–Trinajstić information content (AvgIpc) is 2.75. The van der Waals surface area contributed by atoms with E-state index in [2.05, 4.69) is 15.2 Å². The average molecular weight is 250 g/mol. The molecule has 17 heavy (non-hydrogen) atoms. The highest BCUT2D eigenvalue weighted by Gasteiger charge is 2.06. The summed E-state index contributed by atoms with van der Waals surface area (Å²) in [6.07, 6.45) is 1.58. The molecular weight excluding hydrogens is 236 g/mol. The van der Waals surface area contributed by atoms with Crippen molar-refractivity contribution in [1.82, 2.24) is 15.2 Å². The first-order valence-corrected chi connectivity index (χ1v) is 6.06. The number of H-pyrrole nitrogens is 1. The number of aromatic nitrogens is 3. The van der Waals surface area contributed by atoms with Crippen LogP contribution in [0.1, 0.15) is 13.8 Å². The second-order valence-corrected chi connectivity index (χ2v) is 4.82. The van der Waals surface area contributed by atoms with E-state index in [-0.39, 0.29) is 6.10 Å². The maximum atomic E-state index is 5.84. The third-order valence-electron chi connectivity index (χ3n) is 1.96. The second kappa shape index (κ2) is 5.09. The molecule has 0 saturated carbocycles. The first kappa shape index (κ1) is 11.8. The lowest BCUT2D eigenvalue weighted by Crippen LogP contribution is -2.07. The van der Waals surface area contributed by atoms with Crippen molar-refractivity contribution >= 4 is 17.4 Å². The van der Waals surface area contributed by atoms with Crippen molar-refractivity contribution in [2.45, 2.75) is 30.0 Å². The highest BCUT2D eigenvalue weighted by Crippen LogP contribution is 2.31. The predicted molar refractivity (Wildman–Crippen MR) is 67.1 cm³/mol. The Morgan fingerprint density at radius 2 is 2.24 bits per heavy atom. The molecule has 0 bridgehead atoms. The molecule has 1 heterocycles. The number of nitrogen functional groups attached to an aromatic ring is 1. The minimum Gasteiger partial charge on any atom is -0.489 e. The summed E-state index contributed by atoms with van der Waals surface area (Å²) in [6, 6.07) is 5.66. The van der Waals surface area contributed by atoms with Crippen molar-refractivity contribution in [1.29, 1.82) is 0 Å². The van der Waals surface area contributed by atoms with Gasteiger partial charge in [-0.15, -0.1) is 0 Å². The Labute approximate surface area is 104 Å². The molecule has 0 saturated heterocycles. The summed E-state index contributed by atoms with van der Waals surface area (Å²) in [5.41, 5.74) is 6.48. The van der Waals surface area contributed by atoms with Gasteiger partial charge >= 0.3 is 0 Å². The van der Waals surface area contributed by atoms with Crippen LogP contribution in [0.4, 0.5) is 5.69 Å². The maximum absolute atomic E-state index is 5.84. The van der Waals surface area contributed by atoms with Crippen LogP contribution in [0.25, 0.3) is 0 Å². The zero-order chi connectivity index (χ0) is 12.3. The van der Waals surface area contributed by atoms with Crippen LogP contribution in [-0.4, -0.2) is 21.3 Å². The van der Waals surface area contributed by atoms with Crippen LogP contribution in [0.3, 0.4) is 0 Å². The summed E-state index contributed by atoms with van der Waals surface area (Å²) in [4.78, 5) is 5.05. The van der Waals surface area contributed by atoms with E-state index in [9.17, 15) is 0 Å². The van der Waals surface area contributed by atoms with Gasteiger partial charge in [0, 0.05) is 4.90 Å². The molecule has 3 N–H and O–H groups in total. The van der Waals surface area contributed by atoms with Crippen LogP contribution < -0.4 is 10.5 Å². The van der Waals surface area contributed by atoms with Gasteiger partial charge in [-0.3, -0.25) is 5.10 Å². The van der Waals surface area contributed by atoms with Crippen molar-refractivity contribution < 1.29 is 4.74 Å². The SMILES string of the molecule is CC(C)Oc1cc(Sc2ncn[nH]2)ccc1N. The van der Waals surface area contributed by atoms with Crippen molar-refractivity contribution in [3.05, 3.63) is 24.5 Å². The van der Waals surface area contributed by atoms with Gasteiger partial charge < -0.3 is 10.5 Å². The molecule has 0 amide bonds. The molecule has 0 atom stereocenters. The van der Waals surface area contributed by atoms with Crippen molar-refractivity contribution in [3.63, 3.8) is 0 Å². The number of ether oxygens (including phenoxy) is 1. The fourth-order valence-corrected chi connectivity index (χ4v) is 2.01. The Kier molecular flexibility index (Phi) is 3.53. The van der Waals surface area contributed by atoms with Gasteiger partial charge in [0.25, 0.3) is 0 Å². The van der Waals surface area contributed by atoms with E-state index in [0.29, 0.717) is 11.4 Å². The molecule has 5 nitrogen and oxygen atoms in total. The Balaban J connectivity index is 2.18. The highest BCUT2D eigenvalue weighted by atomic mass is 32.2. The highest BCUT2D eigenvalue weighted by molar-refractivity contribution is 7.99. The van der Waals surface area contributed by atoms with E-state index >= 15 is 0 Å². The number of anilines is 1. The van der Waals surface area contributed by atoms with Crippen LogP contribution in [-0.2, 0) is 0 Å². The zero-order valence-corrected chi connectivity index (χ0v) is 10.5. The summed E-state index contributed by atoms with van der Waals surface area (Å²) < 4.78 is 5.62. The van der Waals surface area contributed by atoms with E-state index in [0.717, 1.165) is 10.1 Å². The molecular formula is C11H14N4OS. The molecule has 0 radical (unpaired) electrons. The molecule has 1 aromatic carbocycles. The van der Waals surface area contributed by atoms with E-state index in [4.69, 9.17) is 10.5 Å². The fourth-order valence-electron chi connectivity index (χ4n) is 1.29. The van der Waals surface area contributed by atoms with E-state index in [1.807, 2.05) is 32.0 Å². The summed E-state index contributed by atoms with van der Waals surface area (Å²) in [6.45, 7) is 3.94. The lowest BCUT2D eigenvalue weighted by molar-refractivity contribution is 0.243. The second-order valence-electron chi connectivity index (χ2n) is 3.76. The predicted octanol–water partition coefficient (Wildman–Crippen LogP) is 2.33. The number of aromatic amines is 1. The minimum atomic E-state index is 0.0998. The zero-order valence-electron chi connectivity index (χ0n) is 9.68. The monoisotopic (exact) mass is 250 g/mol. The van der Waals surface area contributed by atoms with E-state index < -0.39 is 0 Å². The summed E-state index contributed by atoms with van der Waals surface area (Å²) >= 11 is 1.48. The van der Waals surface area contributed by atoms with E-state index in [1.165, 1.54) is 18.1 Å². The molecule has 6 heteroatoms. The summed E-state index contributed by atoms with van der Waals surface area (Å²) in [7, 11) is 0. The number of nitrogens with two attached hydrogens (primary N) is 1. The number of hydrogen-bond acceptors (Lipinski definition) is 5. The van der Waals surface area contributed by atoms with E-state index in [1.54, 1.807) is 0 Å². The number of benzene rings is 1. The maximum Gasteiger partial charge on any atom is 0.188 e. The Morgan fingerprint density at radius 3 is 2.88 bits per heavy atom. The molecule has 0 spiro atoms. The molecule has 0 fully saturated rings. The van der Waals surface area contributed by atoms with Crippen LogP contribution >= 0.6 is 11.8 Å². The Hall–Kier alpha value is -1.69. The smallest absolute Gasteiger partial charge is 0.188 e. The summed E-state index contributed by atoms with van der Waals surface area (Å²) in [5.74, 6) is 0.699. The third-order valence-corrected chi connectivity index (χ3v) is 2.83. The third kappa shape index (κ3) is 3.13. The van der Waals surface area contributed by atoms with Gasteiger partial charge in [0.15, 0.2) is 5.16 Å². The molecule has 90 valence electrons. The standard InChI is InChI=1S/C11H14N4OS/c1-7(2)16-10-5-8(3-4-9(10)12)17-11-13-6-14-15-11/h3-7H,12H2,1-2H3,(H,13,14,15). The first-order valence-electron chi connectivity index (χ1n) is 5.24. The topological polar surface area (TPSA) is 76.8 Å². The largest absolute Gasteiger partial charge is 0.489 e. The fraction of sp³-hybridized carbons (Fsp3) is 0.273. The molecule has 1 aromatic heterocycles. The van der Waals surface area contributed by atoms with Crippen LogP contribution in [0.5, 0.6) is 5.75 Å². The van der Waals surface area contributed by atoms with Crippen LogP contribution in [0, 0.1) is 0 Å². The number of rotatable bonds is 4. The van der Waals surface area contributed by atoms with Crippen molar-refractivity contribution in [3.8, 4) is 5.75 Å². The first-order chi connectivity index (χ1) is 8.15. The van der Waals surface area contributed by atoms with Gasteiger partial charge in [-0.2, -0.15) is 5.10 Å². The van der Waals surface area contributed by atoms with Crippen molar-refractivity contribution in [2.24, 2.45) is 0 Å². The summed E-state index contributed by atoms with van der Waals surface area (Å²) in [5, 5.41) is 7.33. The minimum absolute atomic E-state index is 0.0998. The molecule has 0 aliphatic carbocycles. The van der Waals surface area contributed by atoms with Gasteiger partial charge in [-0.05, 0) is 32.0 Å². The van der Waals surface area contributed by atoms with Gasteiger partial charge in [-0.25, -0.2) is 4.98 Å². The number of nitrogens with one attached hydrogen (secondary N) is 1. The van der Waals surface area contributed by atoms with Gasteiger partial charge in [0.05, 0.1) is 11.8 Å². The number of hydrogen-bond donors (Lipinski definition) is 2. The Morgan fingerprint density at radius 1 is 1.41 bits per heavy atom. The molecule has 0 aliphatic rings. The molecule has 0 aliphatic heterocycles. The Bertz CT molecular complexity index is 484. The molecule has 2 aromatic rings. The molecule has 0 unspecified atom stereocenters. The van der Waals surface area contributed by atoms with Crippen molar-refractivity contribution in [2.75, 3.05) is 5.73 Å². The van der Waals surface area contributed by atoms with Crippen LogP contribution in [0.2, 0.25) is 0 Å². The lowest BCUT2D eigenvalue weighted by atomic mass is 10.3. The molecule has 2 rings (SSSR count). The van der Waals surface area contributed by atoms with Crippen LogP contribution in [0.15, 0.2) is 34.6 Å².